The predicted octanol–water partition coefficient (Wildman–Crippen LogP) is 2.07. The molecule has 94 valence electrons. The highest BCUT2D eigenvalue weighted by Crippen LogP contribution is 2.23. The average Bonchev–Trinajstić information content (AvgIpc) is 2.38. The van der Waals surface area contributed by atoms with E-state index in [4.69, 9.17) is 10.00 Å². The van der Waals surface area contributed by atoms with Gasteiger partial charge in [-0.05, 0) is 23.6 Å². The highest BCUT2D eigenvalue weighted by Gasteiger charge is 2.29. The second-order valence-corrected chi connectivity index (χ2v) is 4.67. The minimum atomic E-state index is -0.531. The monoisotopic (exact) mass is 244 g/mol. The molecule has 1 amide bonds. The standard InChI is InChI=1S/C14H16N2O2/c1-10(2)11-3-5-12(6-4-11)16-13(7-15)8-18-9-14(16)17/h3-6,10,13H,8-9H2,1-2H3. The number of carbonyl (C=O) groups excluding carboxylic acids is 1. The Hall–Kier alpha value is -1.86. The number of ether oxygens (including phenoxy) is 1. The molecule has 1 aromatic carbocycles. The summed E-state index contributed by atoms with van der Waals surface area (Å²) in [7, 11) is 0. The Morgan fingerprint density at radius 1 is 1.39 bits per heavy atom. The Kier molecular flexibility index (Phi) is 3.63. The fourth-order valence-corrected chi connectivity index (χ4v) is 2.01. The zero-order chi connectivity index (χ0) is 13.1. The zero-order valence-corrected chi connectivity index (χ0v) is 10.6. The molecule has 4 heteroatoms. The fraction of sp³-hybridized carbons (Fsp3) is 0.429. The van der Waals surface area contributed by atoms with Crippen LogP contribution in [-0.4, -0.2) is 25.2 Å². The number of hydrogen-bond acceptors (Lipinski definition) is 3. The Balaban J connectivity index is 2.28. The van der Waals surface area contributed by atoms with Crippen LogP contribution < -0.4 is 4.90 Å². The number of carbonyl (C=O) groups is 1. The lowest BCUT2D eigenvalue weighted by Crippen LogP contribution is -2.49. The molecule has 0 aliphatic carbocycles. The predicted molar refractivity (Wildman–Crippen MR) is 68.2 cm³/mol. The van der Waals surface area contributed by atoms with E-state index in [0.29, 0.717) is 5.92 Å². The highest BCUT2D eigenvalue weighted by atomic mass is 16.5. The molecule has 1 aromatic rings. The largest absolute Gasteiger partial charge is 0.368 e. The molecule has 1 unspecified atom stereocenters. The molecule has 0 radical (unpaired) electrons. The van der Waals surface area contributed by atoms with Gasteiger partial charge >= 0.3 is 0 Å². The lowest BCUT2D eigenvalue weighted by molar-refractivity contribution is -0.126. The van der Waals surface area contributed by atoms with E-state index >= 15 is 0 Å². The fourth-order valence-electron chi connectivity index (χ4n) is 2.01. The number of nitrogens with zero attached hydrogens (tertiary/aromatic N) is 2. The molecule has 0 aromatic heterocycles. The molecule has 1 aliphatic rings. The van der Waals surface area contributed by atoms with Crippen LogP contribution in [0, 0.1) is 11.3 Å². The van der Waals surface area contributed by atoms with E-state index in [1.54, 1.807) is 0 Å². The smallest absolute Gasteiger partial charge is 0.254 e. The Bertz CT molecular complexity index is 474. The van der Waals surface area contributed by atoms with Crippen molar-refractivity contribution < 1.29 is 9.53 Å². The molecule has 0 saturated carbocycles. The van der Waals surface area contributed by atoms with Crippen LogP contribution in [0.5, 0.6) is 0 Å². The Morgan fingerprint density at radius 2 is 2.06 bits per heavy atom. The minimum absolute atomic E-state index is 0.0457. The molecular weight excluding hydrogens is 228 g/mol. The van der Waals surface area contributed by atoms with Crippen LogP contribution in [0.1, 0.15) is 25.3 Å². The lowest BCUT2D eigenvalue weighted by Gasteiger charge is -2.31. The first-order valence-corrected chi connectivity index (χ1v) is 6.03. The highest BCUT2D eigenvalue weighted by molar-refractivity contribution is 5.96. The summed E-state index contributed by atoms with van der Waals surface area (Å²) >= 11 is 0. The van der Waals surface area contributed by atoms with Gasteiger partial charge in [-0.15, -0.1) is 0 Å². The maximum absolute atomic E-state index is 11.8. The first-order valence-electron chi connectivity index (χ1n) is 6.03. The van der Waals surface area contributed by atoms with Gasteiger partial charge in [0.1, 0.15) is 12.6 Å². The van der Waals surface area contributed by atoms with Gasteiger partial charge in [-0.25, -0.2) is 0 Å². The normalized spacial score (nSPS) is 20.0. The van der Waals surface area contributed by atoms with Crippen molar-refractivity contribution >= 4 is 11.6 Å². The van der Waals surface area contributed by atoms with Crippen molar-refractivity contribution in [3.05, 3.63) is 29.8 Å². The van der Waals surface area contributed by atoms with Crippen LogP contribution >= 0.6 is 0 Å². The summed E-state index contributed by atoms with van der Waals surface area (Å²) in [5, 5.41) is 9.06. The SMILES string of the molecule is CC(C)c1ccc(N2C(=O)COCC2C#N)cc1. The van der Waals surface area contributed by atoms with Gasteiger partial charge in [-0.3, -0.25) is 9.69 Å². The summed E-state index contributed by atoms with van der Waals surface area (Å²) in [6.45, 7) is 4.55. The molecular formula is C14H16N2O2. The van der Waals surface area contributed by atoms with E-state index in [1.807, 2.05) is 24.3 Å². The van der Waals surface area contributed by atoms with Crippen molar-refractivity contribution in [2.75, 3.05) is 18.1 Å². The minimum Gasteiger partial charge on any atom is -0.368 e. The number of nitriles is 1. The summed E-state index contributed by atoms with van der Waals surface area (Å²) in [5.74, 6) is 0.288. The van der Waals surface area contributed by atoms with Crippen LogP contribution in [0.2, 0.25) is 0 Å². The van der Waals surface area contributed by atoms with E-state index in [1.165, 1.54) is 10.5 Å². The van der Waals surface area contributed by atoms with Crippen molar-refractivity contribution in [3.8, 4) is 6.07 Å². The van der Waals surface area contributed by atoms with Crippen LogP contribution in [-0.2, 0) is 9.53 Å². The summed E-state index contributed by atoms with van der Waals surface area (Å²) < 4.78 is 5.09. The van der Waals surface area contributed by atoms with Gasteiger partial charge in [0, 0.05) is 5.69 Å². The third-order valence-electron chi connectivity index (χ3n) is 3.07. The first kappa shape index (κ1) is 12.6. The van der Waals surface area contributed by atoms with Crippen molar-refractivity contribution in [2.45, 2.75) is 25.8 Å². The number of hydrogen-bond donors (Lipinski definition) is 0. The molecule has 1 aliphatic heterocycles. The van der Waals surface area contributed by atoms with Crippen molar-refractivity contribution in [1.29, 1.82) is 5.26 Å². The second-order valence-electron chi connectivity index (χ2n) is 4.67. The Labute approximate surface area is 107 Å². The molecule has 18 heavy (non-hydrogen) atoms. The van der Waals surface area contributed by atoms with Crippen molar-refractivity contribution in [1.82, 2.24) is 0 Å². The van der Waals surface area contributed by atoms with Crippen molar-refractivity contribution in [2.24, 2.45) is 0 Å². The maximum atomic E-state index is 11.8. The lowest BCUT2D eigenvalue weighted by atomic mass is 10.0. The van der Waals surface area contributed by atoms with E-state index < -0.39 is 6.04 Å². The number of amides is 1. The maximum Gasteiger partial charge on any atom is 0.254 e. The second kappa shape index (κ2) is 5.19. The number of morpholine rings is 1. The molecule has 1 fully saturated rings. The van der Waals surface area contributed by atoms with Gasteiger partial charge in [-0.1, -0.05) is 26.0 Å². The average molecular weight is 244 g/mol. The third-order valence-corrected chi connectivity index (χ3v) is 3.07. The summed E-state index contributed by atoms with van der Waals surface area (Å²) in [6.07, 6.45) is 0. The third kappa shape index (κ3) is 2.36. The van der Waals surface area contributed by atoms with Gasteiger partial charge in [0.25, 0.3) is 5.91 Å². The molecule has 1 heterocycles. The van der Waals surface area contributed by atoms with Crippen LogP contribution in [0.4, 0.5) is 5.69 Å². The molecule has 0 bridgehead atoms. The van der Waals surface area contributed by atoms with E-state index in [-0.39, 0.29) is 19.1 Å². The van der Waals surface area contributed by atoms with Crippen LogP contribution in [0.15, 0.2) is 24.3 Å². The van der Waals surface area contributed by atoms with Crippen LogP contribution in [0.25, 0.3) is 0 Å². The number of rotatable bonds is 2. The first-order chi connectivity index (χ1) is 8.63. The molecule has 2 rings (SSSR count). The molecule has 4 nitrogen and oxygen atoms in total. The van der Waals surface area contributed by atoms with E-state index in [2.05, 4.69) is 19.9 Å². The molecule has 1 atom stereocenters. The number of anilines is 1. The van der Waals surface area contributed by atoms with Gasteiger partial charge in [0.05, 0.1) is 12.7 Å². The van der Waals surface area contributed by atoms with Crippen molar-refractivity contribution in [3.63, 3.8) is 0 Å². The quantitative estimate of drug-likeness (QED) is 0.800. The Morgan fingerprint density at radius 3 is 2.61 bits per heavy atom. The molecule has 0 spiro atoms. The summed E-state index contributed by atoms with van der Waals surface area (Å²) in [4.78, 5) is 13.4. The topological polar surface area (TPSA) is 53.3 Å². The van der Waals surface area contributed by atoms with E-state index in [0.717, 1.165) is 5.69 Å². The molecule has 1 saturated heterocycles. The van der Waals surface area contributed by atoms with E-state index in [9.17, 15) is 4.79 Å². The van der Waals surface area contributed by atoms with Gasteiger partial charge in [-0.2, -0.15) is 5.26 Å². The van der Waals surface area contributed by atoms with Gasteiger partial charge in [0.15, 0.2) is 0 Å². The van der Waals surface area contributed by atoms with Gasteiger partial charge in [0.2, 0.25) is 0 Å². The van der Waals surface area contributed by atoms with Crippen LogP contribution in [0.3, 0.4) is 0 Å². The summed E-state index contributed by atoms with van der Waals surface area (Å²) in [5.41, 5.74) is 1.98. The van der Waals surface area contributed by atoms with Gasteiger partial charge < -0.3 is 4.74 Å². The molecule has 0 N–H and O–H groups in total. The summed E-state index contributed by atoms with van der Waals surface area (Å²) in [6, 6.07) is 9.35. The number of benzene rings is 1. The zero-order valence-electron chi connectivity index (χ0n) is 10.6.